The second-order valence-corrected chi connectivity index (χ2v) is 8.25. The van der Waals surface area contributed by atoms with Crippen molar-refractivity contribution in [1.82, 2.24) is 4.57 Å². The highest BCUT2D eigenvalue weighted by atomic mass is 32.1. The summed E-state index contributed by atoms with van der Waals surface area (Å²) in [6.07, 6.45) is 3.09. The summed E-state index contributed by atoms with van der Waals surface area (Å²) < 4.78 is 19.0. The maximum atomic E-state index is 12.8. The number of rotatable bonds is 7. The molecule has 0 saturated carbocycles. The number of aromatic nitrogens is 1. The van der Waals surface area contributed by atoms with Crippen LogP contribution >= 0.6 is 11.3 Å². The molecule has 7 nitrogen and oxygen atoms in total. The third-order valence-electron chi connectivity index (χ3n) is 4.55. The van der Waals surface area contributed by atoms with Gasteiger partial charge in [0.2, 0.25) is 0 Å². The minimum atomic E-state index is -0.358. The van der Waals surface area contributed by atoms with E-state index in [1.807, 2.05) is 38.1 Å². The fourth-order valence-corrected chi connectivity index (χ4v) is 4.07. The zero-order valence-corrected chi connectivity index (χ0v) is 19.5. The first-order chi connectivity index (χ1) is 15.3. The molecule has 1 N–H and O–H groups in total. The Kier molecular flexibility index (Phi) is 7.37. The number of ether oxygens (including phenoxy) is 3. The van der Waals surface area contributed by atoms with Crippen LogP contribution in [0.25, 0.3) is 12.2 Å². The van der Waals surface area contributed by atoms with Crippen molar-refractivity contribution >= 4 is 35.1 Å². The Morgan fingerprint density at radius 3 is 2.44 bits per heavy atom. The van der Waals surface area contributed by atoms with Gasteiger partial charge < -0.3 is 24.1 Å². The van der Waals surface area contributed by atoms with Gasteiger partial charge in [0, 0.05) is 18.7 Å². The van der Waals surface area contributed by atoms with Gasteiger partial charge in [-0.2, -0.15) is 0 Å². The summed E-state index contributed by atoms with van der Waals surface area (Å²) >= 11 is 1.22. The molecule has 0 saturated heterocycles. The molecule has 0 aliphatic carbocycles. The normalized spacial score (nSPS) is 12.2. The topological polar surface area (TPSA) is 78.8 Å². The molecule has 0 bridgehead atoms. The van der Waals surface area contributed by atoms with Gasteiger partial charge in [-0.3, -0.25) is 9.59 Å². The number of hydrogen-bond donors (Lipinski definition) is 1. The highest BCUT2D eigenvalue weighted by Crippen LogP contribution is 2.32. The number of carbonyl (C=O) groups is 1. The molecular weight excluding hydrogens is 428 g/mol. The number of amides is 1. The molecule has 3 aromatic rings. The Labute approximate surface area is 190 Å². The summed E-state index contributed by atoms with van der Waals surface area (Å²) in [4.78, 5) is 25.4. The maximum absolute atomic E-state index is 12.8. The molecule has 168 valence electrons. The smallest absolute Gasteiger partial charge is 0.268 e. The average Bonchev–Trinajstić information content (AvgIpc) is 3.02. The third kappa shape index (κ3) is 5.20. The van der Waals surface area contributed by atoms with E-state index in [9.17, 15) is 9.59 Å². The van der Waals surface area contributed by atoms with Crippen LogP contribution in [0.15, 0.2) is 47.3 Å². The van der Waals surface area contributed by atoms with E-state index in [4.69, 9.17) is 14.2 Å². The van der Waals surface area contributed by atoms with Gasteiger partial charge >= 0.3 is 0 Å². The van der Waals surface area contributed by atoms with Crippen molar-refractivity contribution in [2.45, 2.75) is 20.0 Å². The highest BCUT2D eigenvalue weighted by Gasteiger charge is 2.12. The molecule has 0 fully saturated rings. The van der Waals surface area contributed by atoms with Crippen molar-refractivity contribution in [2.75, 3.05) is 19.5 Å². The Morgan fingerprint density at radius 2 is 1.75 bits per heavy atom. The monoisotopic (exact) mass is 454 g/mol. The van der Waals surface area contributed by atoms with Crippen molar-refractivity contribution in [3.05, 3.63) is 67.6 Å². The van der Waals surface area contributed by atoms with Crippen molar-refractivity contribution in [3.8, 4) is 17.2 Å². The fraction of sp³-hybridized carbons (Fsp3) is 0.250. The third-order valence-corrected chi connectivity index (χ3v) is 5.66. The van der Waals surface area contributed by atoms with Gasteiger partial charge in [0.25, 0.3) is 11.5 Å². The molecule has 0 spiro atoms. The van der Waals surface area contributed by atoms with Crippen LogP contribution in [0, 0.1) is 0 Å². The molecule has 0 radical (unpaired) electrons. The molecule has 1 aromatic heterocycles. The van der Waals surface area contributed by atoms with Crippen LogP contribution in [0.4, 0.5) is 5.69 Å². The van der Waals surface area contributed by atoms with E-state index in [1.54, 1.807) is 38.4 Å². The molecule has 3 rings (SSSR count). The van der Waals surface area contributed by atoms with Gasteiger partial charge in [0.1, 0.15) is 10.4 Å². The molecule has 8 heteroatoms. The molecule has 1 heterocycles. The lowest BCUT2D eigenvalue weighted by Crippen LogP contribution is -2.29. The Bertz CT molecular complexity index is 1290. The maximum Gasteiger partial charge on any atom is 0.268 e. The number of para-hydroxylation sites is 3. The minimum absolute atomic E-state index is 0.0628. The second-order valence-electron chi connectivity index (χ2n) is 7.19. The first kappa shape index (κ1) is 23.1. The number of anilines is 1. The van der Waals surface area contributed by atoms with E-state index >= 15 is 0 Å². The van der Waals surface area contributed by atoms with E-state index in [0.717, 1.165) is 5.56 Å². The van der Waals surface area contributed by atoms with E-state index < -0.39 is 0 Å². The van der Waals surface area contributed by atoms with E-state index in [1.165, 1.54) is 29.1 Å². The van der Waals surface area contributed by atoms with Gasteiger partial charge in [0.15, 0.2) is 11.5 Å². The van der Waals surface area contributed by atoms with Gasteiger partial charge in [-0.15, -0.1) is 11.3 Å². The molecular formula is C24H26N2O5S. The molecule has 32 heavy (non-hydrogen) atoms. The summed E-state index contributed by atoms with van der Waals surface area (Å²) in [5.74, 6) is 1.35. The van der Waals surface area contributed by atoms with E-state index in [2.05, 4.69) is 5.32 Å². The predicted octanol–water partition coefficient (Wildman–Crippen LogP) is 2.50. The number of carbonyl (C=O) groups excluding carboxylic acids is 1. The summed E-state index contributed by atoms with van der Waals surface area (Å²) in [6.45, 7) is 3.85. The zero-order chi connectivity index (χ0) is 23.3. The van der Waals surface area contributed by atoms with Crippen molar-refractivity contribution in [2.24, 2.45) is 7.05 Å². The quantitative estimate of drug-likeness (QED) is 0.594. The fourth-order valence-electron chi connectivity index (χ4n) is 3.05. The predicted molar refractivity (Wildman–Crippen MR) is 127 cm³/mol. The van der Waals surface area contributed by atoms with Gasteiger partial charge in [-0.05, 0) is 38.1 Å². The first-order valence-corrected chi connectivity index (χ1v) is 10.8. The van der Waals surface area contributed by atoms with Crippen LogP contribution in [-0.4, -0.2) is 30.8 Å². The first-order valence-electron chi connectivity index (χ1n) is 10.0. The van der Waals surface area contributed by atoms with Crippen LogP contribution < -0.4 is 34.3 Å². The molecule has 0 aliphatic rings. The van der Waals surface area contributed by atoms with E-state index in [0.29, 0.717) is 32.1 Å². The molecule has 1 amide bonds. The Morgan fingerprint density at radius 1 is 1.06 bits per heavy atom. The average molecular weight is 455 g/mol. The Hall–Kier alpha value is -3.52. The number of nitrogens with one attached hydrogen (secondary N) is 1. The standard InChI is InChI=1S/C24H26N2O5S/c1-15(2)31-23-16(9-8-12-19(23)30-5)13-20-24(28)26(3)22(32-20)14-21(27)25-17-10-6-7-11-18(17)29-4/h6-15H,1-5H3,(H,25,27)/b20-13-,22-14-. The Balaban J connectivity index is 2.02. The van der Waals surface area contributed by atoms with Gasteiger partial charge in [-0.1, -0.05) is 24.3 Å². The van der Waals surface area contributed by atoms with Crippen LogP contribution in [0.2, 0.25) is 0 Å². The summed E-state index contributed by atoms with van der Waals surface area (Å²) in [6, 6.07) is 12.6. The number of thiazole rings is 1. The molecule has 0 aliphatic heterocycles. The minimum Gasteiger partial charge on any atom is -0.495 e. The van der Waals surface area contributed by atoms with Crippen molar-refractivity contribution in [1.29, 1.82) is 0 Å². The summed E-state index contributed by atoms with van der Waals surface area (Å²) in [7, 11) is 4.75. The van der Waals surface area contributed by atoms with Crippen LogP contribution in [0.1, 0.15) is 19.4 Å². The summed E-state index contributed by atoms with van der Waals surface area (Å²) in [5.41, 5.74) is 1.07. The SMILES string of the molecule is COc1ccccc1NC(=O)/C=c1\s/c(=C\c2cccc(OC)c2OC(C)C)c(=O)n1C. The lowest BCUT2D eigenvalue weighted by Gasteiger charge is -2.15. The van der Waals surface area contributed by atoms with Crippen molar-refractivity contribution in [3.63, 3.8) is 0 Å². The van der Waals surface area contributed by atoms with Crippen LogP contribution in [0.5, 0.6) is 17.2 Å². The van der Waals surface area contributed by atoms with Crippen LogP contribution in [0.3, 0.4) is 0 Å². The molecule has 2 aromatic carbocycles. The number of benzene rings is 2. The second kappa shape index (κ2) is 10.2. The largest absolute Gasteiger partial charge is 0.495 e. The lowest BCUT2D eigenvalue weighted by atomic mass is 10.1. The summed E-state index contributed by atoms with van der Waals surface area (Å²) in [5, 5.41) is 2.79. The van der Waals surface area contributed by atoms with Gasteiger partial charge in [0.05, 0.1) is 30.5 Å². The van der Waals surface area contributed by atoms with Gasteiger partial charge in [-0.25, -0.2) is 0 Å². The van der Waals surface area contributed by atoms with Crippen LogP contribution in [-0.2, 0) is 11.8 Å². The van der Waals surface area contributed by atoms with E-state index in [-0.39, 0.29) is 17.6 Å². The molecule has 0 unspecified atom stereocenters. The lowest BCUT2D eigenvalue weighted by molar-refractivity contribution is -0.110. The zero-order valence-electron chi connectivity index (χ0n) is 18.7. The number of hydrogen-bond acceptors (Lipinski definition) is 6. The number of methoxy groups -OCH3 is 2. The van der Waals surface area contributed by atoms with Crippen molar-refractivity contribution < 1.29 is 19.0 Å². The molecule has 0 atom stereocenters. The highest BCUT2D eigenvalue weighted by molar-refractivity contribution is 7.07. The number of nitrogens with zero attached hydrogens (tertiary/aromatic N) is 1.